The molecule has 4 nitrogen and oxygen atoms in total. The third-order valence-electron chi connectivity index (χ3n) is 4.19. The summed E-state index contributed by atoms with van der Waals surface area (Å²) in [6, 6.07) is 17.9. The van der Waals surface area contributed by atoms with E-state index < -0.39 is 6.10 Å². The van der Waals surface area contributed by atoms with Crippen molar-refractivity contribution in [2.45, 2.75) is 26.1 Å². The van der Waals surface area contributed by atoms with Crippen molar-refractivity contribution < 1.29 is 18.7 Å². The highest BCUT2D eigenvalue weighted by atomic mass is 19.1. The van der Waals surface area contributed by atoms with Gasteiger partial charge >= 0.3 is 0 Å². The minimum Gasteiger partial charge on any atom is -0.491 e. The summed E-state index contributed by atoms with van der Waals surface area (Å²) in [7, 11) is 0. The smallest absolute Gasteiger partial charge is 0.123 e. The average molecular weight is 369 g/mol. The Labute approximate surface area is 158 Å². The van der Waals surface area contributed by atoms with Gasteiger partial charge in [0.25, 0.3) is 0 Å². The first kappa shape index (κ1) is 19.1. The van der Waals surface area contributed by atoms with Crippen LogP contribution in [0.5, 0.6) is 5.75 Å². The van der Waals surface area contributed by atoms with E-state index in [2.05, 4.69) is 0 Å². The maximum absolute atomic E-state index is 13.5. The molecule has 0 bridgehead atoms. The Kier molecular flexibility index (Phi) is 6.63. The summed E-state index contributed by atoms with van der Waals surface area (Å²) < 4.78 is 24.6. The summed E-state index contributed by atoms with van der Waals surface area (Å²) in [5.41, 5.74) is 2.00. The molecule has 0 saturated carbocycles. The number of hydrogen-bond donors (Lipinski definition) is 1. The van der Waals surface area contributed by atoms with Gasteiger partial charge in [-0.25, -0.2) is 4.39 Å². The summed E-state index contributed by atoms with van der Waals surface area (Å²) in [5, 5.41) is 10.4. The van der Waals surface area contributed by atoms with Gasteiger partial charge in [-0.15, -0.1) is 0 Å². The summed E-state index contributed by atoms with van der Waals surface area (Å²) in [4.78, 5) is 2.01. The van der Waals surface area contributed by atoms with Crippen molar-refractivity contribution in [2.75, 3.05) is 13.2 Å². The molecule has 2 aromatic carbocycles. The molecular weight excluding hydrogens is 345 g/mol. The summed E-state index contributed by atoms with van der Waals surface area (Å²) >= 11 is 0. The molecule has 0 saturated heterocycles. The van der Waals surface area contributed by atoms with Gasteiger partial charge in [0.1, 0.15) is 30.0 Å². The Morgan fingerprint density at radius 1 is 1.07 bits per heavy atom. The van der Waals surface area contributed by atoms with Gasteiger partial charge in [-0.05, 0) is 48.9 Å². The van der Waals surface area contributed by atoms with Crippen molar-refractivity contribution in [3.63, 3.8) is 0 Å². The Balaban J connectivity index is 1.60. The molecule has 0 spiro atoms. The van der Waals surface area contributed by atoms with Crippen molar-refractivity contribution in [2.24, 2.45) is 0 Å². The number of aryl methyl sites for hydroxylation is 1. The van der Waals surface area contributed by atoms with Gasteiger partial charge in [0, 0.05) is 13.1 Å². The SMILES string of the molecule is Cc1ccc(OCC(O)CN(Cc2cccc(F)c2)Cc2ccco2)cc1. The standard InChI is InChI=1S/C22H24FNO3/c1-17-7-9-21(10-8-17)27-16-20(25)14-24(15-22-6-3-11-26-22)13-18-4-2-5-19(23)12-18/h2-12,20,25H,13-16H2,1H3. The highest BCUT2D eigenvalue weighted by Crippen LogP contribution is 2.14. The molecule has 1 atom stereocenters. The minimum atomic E-state index is -0.685. The van der Waals surface area contributed by atoms with Gasteiger partial charge in [0.2, 0.25) is 0 Å². The summed E-state index contributed by atoms with van der Waals surface area (Å²) in [5.74, 6) is 1.24. The van der Waals surface area contributed by atoms with E-state index in [1.165, 1.54) is 12.1 Å². The molecule has 1 N–H and O–H groups in total. The Hall–Kier alpha value is -2.63. The van der Waals surface area contributed by atoms with E-state index in [1.54, 1.807) is 12.3 Å². The number of halogens is 1. The third kappa shape index (κ3) is 6.24. The van der Waals surface area contributed by atoms with Crippen LogP contribution in [0.25, 0.3) is 0 Å². The number of hydrogen-bond acceptors (Lipinski definition) is 4. The first-order chi connectivity index (χ1) is 13.1. The maximum Gasteiger partial charge on any atom is 0.123 e. The quantitative estimate of drug-likeness (QED) is 0.615. The predicted molar refractivity (Wildman–Crippen MR) is 102 cm³/mol. The lowest BCUT2D eigenvalue weighted by Gasteiger charge is -2.24. The first-order valence-corrected chi connectivity index (χ1v) is 8.95. The van der Waals surface area contributed by atoms with Crippen LogP contribution in [0.1, 0.15) is 16.9 Å². The van der Waals surface area contributed by atoms with Crippen LogP contribution in [0.2, 0.25) is 0 Å². The van der Waals surface area contributed by atoms with Crippen LogP contribution in [-0.4, -0.2) is 29.3 Å². The van der Waals surface area contributed by atoms with Gasteiger partial charge in [-0.2, -0.15) is 0 Å². The molecule has 0 aliphatic carbocycles. The average Bonchev–Trinajstić information content (AvgIpc) is 3.14. The Morgan fingerprint density at radius 2 is 1.89 bits per heavy atom. The topological polar surface area (TPSA) is 45.8 Å². The lowest BCUT2D eigenvalue weighted by atomic mass is 10.2. The molecule has 0 radical (unpaired) electrons. The fourth-order valence-corrected chi connectivity index (χ4v) is 2.88. The minimum absolute atomic E-state index is 0.181. The lowest BCUT2D eigenvalue weighted by molar-refractivity contribution is 0.0604. The first-order valence-electron chi connectivity index (χ1n) is 8.95. The molecular formula is C22H24FNO3. The van der Waals surface area contributed by atoms with Crippen molar-refractivity contribution in [1.29, 1.82) is 0 Å². The molecule has 1 heterocycles. The highest BCUT2D eigenvalue weighted by molar-refractivity contribution is 5.26. The van der Waals surface area contributed by atoms with Gasteiger partial charge < -0.3 is 14.3 Å². The zero-order chi connectivity index (χ0) is 19.1. The van der Waals surface area contributed by atoms with Crippen LogP contribution >= 0.6 is 0 Å². The molecule has 3 aromatic rings. The largest absolute Gasteiger partial charge is 0.491 e. The van der Waals surface area contributed by atoms with E-state index in [4.69, 9.17) is 9.15 Å². The van der Waals surface area contributed by atoms with Crippen LogP contribution in [0, 0.1) is 12.7 Å². The van der Waals surface area contributed by atoms with Crippen LogP contribution in [0.3, 0.4) is 0 Å². The van der Waals surface area contributed by atoms with Crippen LogP contribution < -0.4 is 4.74 Å². The molecule has 0 amide bonds. The van der Waals surface area contributed by atoms with Crippen LogP contribution in [-0.2, 0) is 13.1 Å². The van der Waals surface area contributed by atoms with Gasteiger partial charge in [-0.3, -0.25) is 4.90 Å². The Bertz CT molecular complexity index is 818. The van der Waals surface area contributed by atoms with E-state index in [1.807, 2.05) is 54.3 Å². The van der Waals surface area contributed by atoms with Crippen molar-refractivity contribution in [1.82, 2.24) is 4.90 Å². The molecule has 0 aliphatic heterocycles. The fourth-order valence-electron chi connectivity index (χ4n) is 2.88. The zero-order valence-corrected chi connectivity index (χ0v) is 15.3. The number of furan rings is 1. The number of ether oxygens (including phenoxy) is 1. The summed E-state index contributed by atoms with van der Waals surface area (Å²) in [6.45, 7) is 3.59. The molecule has 1 aromatic heterocycles. The number of rotatable bonds is 9. The predicted octanol–water partition coefficient (Wildman–Crippen LogP) is 4.17. The van der Waals surface area contributed by atoms with Crippen molar-refractivity contribution in [3.8, 4) is 5.75 Å². The molecule has 1 unspecified atom stereocenters. The molecule has 5 heteroatoms. The third-order valence-corrected chi connectivity index (χ3v) is 4.19. The number of aliphatic hydroxyl groups excluding tert-OH is 1. The zero-order valence-electron chi connectivity index (χ0n) is 15.3. The molecule has 0 aliphatic rings. The second-order valence-electron chi connectivity index (χ2n) is 6.66. The molecule has 27 heavy (non-hydrogen) atoms. The molecule has 3 rings (SSSR count). The van der Waals surface area contributed by atoms with E-state index in [0.717, 1.165) is 22.6 Å². The second kappa shape index (κ2) is 9.35. The lowest BCUT2D eigenvalue weighted by Crippen LogP contribution is -2.35. The van der Waals surface area contributed by atoms with Crippen LogP contribution in [0.4, 0.5) is 4.39 Å². The number of benzene rings is 2. The monoisotopic (exact) mass is 369 g/mol. The van der Waals surface area contributed by atoms with Crippen molar-refractivity contribution in [3.05, 3.63) is 89.6 Å². The normalized spacial score (nSPS) is 12.3. The Morgan fingerprint density at radius 3 is 2.59 bits per heavy atom. The summed E-state index contributed by atoms with van der Waals surface area (Å²) in [6.07, 6.45) is 0.932. The van der Waals surface area contributed by atoms with Gasteiger partial charge in [-0.1, -0.05) is 29.8 Å². The van der Waals surface area contributed by atoms with E-state index in [0.29, 0.717) is 19.6 Å². The molecule has 142 valence electrons. The van der Waals surface area contributed by atoms with E-state index in [-0.39, 0.29) is 12.4 Å². The molecule has 0 fully saturated rings. The highest BCUT2D eigenvalue weighted by Gasteiger charge is 2.15. The maximum atomic E-state index is 13.5. The number of aliphatic hydroxyl groups is 1. The van der Waals surface area contributed by atoms with Gasteiger partial charge in [0.15, 0.2) is 0 Å². The van der Waals surface area contributed by atoms with Gasteiger partial charge in [0.05, 0.1) is 12.8 Å². The van der Waals surface area contributed by atoms with Crippen LogP contribution in [0.15, 0.2) is 71.3 Å². The van der Waals surface area contributed by atoms with Crippen molar-refractivity contribution >= 4 is 0 Å². The van der Waals surface area contributed by atoms with E-state index in [9.17, 15) is 9.50 Å². The van der Waals surface area contributed by atoms with E-state index >= 15 is 0 Å². The fraction of sp³-hybridized carbons (Fsp3) is 0.273. The second-order valence-corrected chi connectivity index (χ2v) is 6.66. The number of nitrogens with zero attached hydrogens (tertiary/aromatic N) is 1.